The average molecular weight is 301 g/mol. The normalized spacial score (nSPS) is 22.4. The highest BCUT2D eigenvalue weighted by Crippen LogP contribution is 2.25. The largest absolute Gasteiger partial charge is 0.328 e. The monoisotopic (exact) mass is 300 g/mol. The molecule has 1 saturated carbocycles. The third-order valence-electron chi connectivity index (χ3n) is 3.44. The third-order valence-corrected chi connectivity index (χ3v) is 4.19. The average Bonchev–Trinajstić information content (AvgIpc) is 2.39. The van der Waals surface area contributed by atoms with Crippen LogP contribution in [0.4, 0.5) is 5.69 Å². The molecule has 0 heterocycles. The second-order valence-corrected chi connectivity index (χ2v) is 5.72. The Bertz CT molecular complexity index is 410. The first-order valence-electron chi connectivity index (χ1n) is 6.39. The van der Waals surface area contributed by atoms with Gasteiger partial charge in [0.2, 0.25) is 5.91 Å². The van der Waals surface area contributed by atoms with Crippen LogP contribution in [0, 0.1) is 5.92 Å². The van der Waals surface area contributed by atoms with E-state index in [0.29, 0.717) is 0 Å². The Hall–Kier alpha value is -0.710. The van der Waals surface area contributed by atoms with Crippen LogP contribution in [0.1, 0.15) is 25.7 Å². The molecule has 1 amide bonds. The number of nitrogens with one attached hydrogen (secondary N) is 1. The van der Waals surface area contributed by atoms with Gasteiger partial charge in [-0.15, -0.1) is 24.2 Å². The Morgan fingerprint density at radius 2 is 2.00 bits per heavy atom. The van der Waals surface area contributed by atoms with Gasteiger partial charge >= 0.3 is 0 Å². The molecule has 1 fully saturated rings. The van der Waals surface area contributed by atoms with Crippen LogP contribution in [0.25, 0.3) is 0 Å². The fourth-order valence-corrected chi connectivity index (χ4v) is 2.79. The molecule has 1 aliphatic carbocycles. The lowest BCUT2D eigenvalue weighted by Crippen LogP contribution is -2.34. The van der Waals surface area contributed by atoms with Gasteiger partial charge < -0.3 is 11.1 Å². The molecule has 5 heteroatoms. The molecule has 0 radical (unpaired) electrons. The van der Waals surface area contributed by atoms with Crippen LogP contribution in [0.2, 0.25) is 0 Å². The number of rotatable bonds is 3. The van der Waals surface area contributed by atoms with Crippen LogP contribution in [0.15, 0.2) is 29.2 Å². The predicted molar refractivity (Wildman–Crippen MR) is 84.0 cm³/mol. The topological polar surface area (TPSA) is 55.1 Å². The highest BCUT2D eigenvalue weighted by Gasteiger charge is 2.25. The zero-order valence-electron chi connectivity index (χ0n) is 11.1. The van der Waals surface area contributed by atoms with E-state index < -0.39 is 0 Å². The van der Waals surface area contributed by atoms with Crippen molar-refractivity contribution in [1.82, 2.24) is 0 Å². The summed E-state index contributed by atoms with van der Waals surface area (Å²) in [6, 6.07) is 8.13. The van der Waals surface area contributed by atoms with Gasteiger partial charge in [0.05, 0.1) is 0 Å². The van der Waals surface area contributed by atoms with Crippen molar-refractivity contribution in [2.45, 2.75) is 36.6 Å². The summed E-state index contributed by atoms with van der Waals surface area (Å²) in [6.45, 7) is 0. The number of nitrogens with two attached hydrogens (primary N) is 1. The van der Waals surface area contributed by atoms with Gasteiger partial charge in [-0.2, -0.15) is 0 Å². The standard InChI is InChI=1S/C14H20N2OS.ClH/c1-18-13-7-5-12(6-8-13)16-14(17)10-3-2-4-11(15)9-10;/h5-8,10-11H,2-4,9,15H2,1H3,(H,16,17);1H. The number of hydrogen-bond acceptors (Lipinski definition) is 3. The van der Waals surface area contributed by atoms with E-state index in [-0.39, 0.29) is 30.3 Å². The summed E-state index contributed by atoms with van der Waals surface area (Å²) in [5.74, 6) is 0.191. The zero-order chi connectivity index (χ0) is 13.0. The van der Waals surface area contributed by atoms with E-state index in [1.165, 1.54) is 4.90 Å². The van der Waals surface area contributed by atoms with Crippen molar-refractivity contribution < 1.29 is 4.79 Å². The number of carbonyl (C=O) groups excluding carboxylic acids is 1. The molecule has 2 atom stereocenters. The Morgan fingerprint density at radius 3 is 2.58 bits per heavy atom. The van der Waals surface area contributed by atoms with Gasteiger partial charge in [-0.25, -0.2) is 0 Å². The van der Waals surface area contributed by atoms with Crippen LogP contribution in [-0.4, -0.2) is 18.2 Å². The molecule has 3 nitrogen and oxygen atoms in total. The first kappa shape index (κ1) is 16.3. The highest BCUT2D eigenvalue weighted by molar-refractivity contribution is 7.98. The molecule has 19 heavy (non-hydrogen) atoms. The molecule has 3 N–H and O–H groups in total. The maximum absolute atomic E-state index is 12.1. The van der Waals surface area contributed by atoms with Gasteiger partial charge in [-0.05, 0) is 49.8 Å². The van der Waals surface area contributed by atoms with Gasteiger partial charge in [-0.3, -0.25) is 4.79 Å². The van der Waals surface area contributed by atoms with Crippen LogP contribution >= 0.6 is 24.2 Å². The van der Waals surface area contributed by atoms with Gasteiger partial charge in [0.15, 0.2) is 0 Å². The molecule has 0 bridgehead atoms. The van der Waals surface area contributed by atoms with Crippen molar-refractivity contribution in [2.75, 3.05) is 11.6 Å². The molecule has 0 spiro atoms. The summed E-state index contributed by atoms with van der Waals surface area (Å²) in [5, 5.41) is 2.98. The number of hydrogen-bond donors (Lipinski definition) is 2. The Kier molecular flexibility index (Phi) is 6.69. The number of benzene rings is 1. The number of amides is 1. The minimum atomic E-state index is 0. The number of anilines is 1. The molecular formula is C14H21ClN2OS. The molecule has 2 rings (SSSR count). The second kappa shape index (κ2) is 7.78. The Morgan fingerprint density at radius 1 is 1.32 bits per heavy atom. The number of halogens is 1. The van der Waals surface area contributed by atoms with Crippen LogP contribution < -0.4 is 11.1 Å². The molecular weight excluding hydrogens is 280 g/mol. The van der Waals surface area contributed by atoms with Gasteiger partial charge in [0.1, 0.15) is 0 Å². The molecule has 1 aliphatic rings. The molecule has 0 aliphatic heterocycles. The summed E-state index contributed by atoms with van der Waals surface area (Å²) < 4.78 is 0. The first-order valence-corrected chi connectivity index (χ1v) is 7.62. The third kappa shape index (κ3) is 4.71. The quantitative estimate of drug-likeness (QED) is 0.842. The predicted octanol–water partition coefficient (Wildman–Crippen LogP) is 3.29. The van der Waals surface area contributed by atoms with E-state index >= 15 is 0 Å². The van der Waals surface area contributed by atoms with Crippen molar-refractivity contribution in [3.05, 3.63) is 24.3 Å². The summed E-state index contributed by atoms with van der Waals surface area (Å²) in [4.78, 5) is 13.3. The minimum Gasteiger partial charge on any atom is -0.328 e. The smallest absolute Gasteiger partial charge is 0.227 e. The van der Waals surface area contributed by atoms with E-state index in [2.05, 4.69) is 5.32 Å². The van der Waals surface area contributed by atoms with Crippen molar-refractivity contribution >= 4 is 35.8 Å². The summed E-state index contributed by atoms with van der Waals surface area (Å²) in [7, 11) is 0. The van der Waals surface area contributed by atoms with Crippen LogP contribution in [0.3, 0.4) is 0 Å². The van der Waals surface area contributed by atoms with Crippen molar-refractivity contribution in [1.29, 1.82) is 0 Å². The second-order valence-electron chi connectivity index (χ2n) is 4.84. The van der Waals surface area contributed by atoms with Crippen LogP contribution in [0.5, 0.6) is 0 Å². The van der Waals surface area contributed by atoms with E-state index in [1.807, 2.05) is 30.5 Å². The molecule has 0 aromatic heterocycles. The van der Waals surface area contributed by atoms with E-state index in [1.54, 1.807) is 11.8 Å². The summed E-state index contributed by atoms with van der Waals surface area (Å²) in [6.07, 6.45) is 5.92. The van der Waals surface area contributed by atoms with Gasteiger partial charge in [0.25, 0.3) is 0 Å². The lowest BCUT2D eigenvalue weighted by atomic mass is 9.85. The Balaban J connectivity index is 0.00000180. The van der Waals surface area contributed by atoms with Gasteiger partial charge in [0, 0.05) is 22.5 Å². The van der Waals surface area contributed by atoms with Gasteiger partial charge in [-0.1, -0.05) is 6.42 Å². The summed E-state index contributed by atoms with van der Waals surface area (Å²) >= 11 is 1.70. The molecule has 106 valence electrons. The lowest BCUT2D eigenvalue weighted by molar-refractivity contribution is -0.120. The fraction of sp³-hybridized carbons (Fsp3) is 0.500. The van der Waals surface area contributed by atoms with Crippen LogP contribution in [-0.2, 0) is 4.79 Å². The summed E-state index contributed by atoms with van der Waals surface area (Å²) in [5.41, 5.74) is 6.78. The fourth-order valence-electron chi connectivity index (χ4n) is 2.38. The first-order chi connectivity index (χ1) is 8.69. The Labute approximate surface area is 125 Å². The van der Waals surface area contributed by atoms with Crippen molar-refractivity contribution in [2.24, 2.45) is 11.7 Å². The molecule has 0 saturated heterocycles. The molecule has 1 aromatic rings. The zero-order valence-corrected chi connectivity index (χ0v) is 12.7. The van der Waals surface area contributed by atoms with Crippen molar-refractivity contribution in [3.8, 4) is 0 Å². The van der Waals surface area contributed by atoms with E-state index in [0.717, 1.165) is 31.4 Å². The highest BCUT2D eigenvalue weighted by atomic mass is 35.5. The van der Waals surface area contributed by atoms with Crippen molar-refractivity contribution in [3.63, 3.8) is 0 Å². The maximum Gasteiger partial charge on any atom is 0.227 e. The SMILES string of the molecule is CSc1ccc(NC(=O)C2CCCC(N)C2)cc1.Cl. The number of thioether (sulfide) groups is 1. The number of carbonyl (C=O) groups is 1. The maximum atomic E-state index is 12.1. The molecule has 2 unspecified atom stereocenters. The van der Waals surface area contributed by atoms with E-state index in [9.17, 15) is 4.79 Å². The lowest BCUT2D eigenvalue weighted by Gasteiger charge is -2.25. The van der Waals surface area contributed by atoms with E-state index in [4.69, 9.17) is 5.73 Å². The minimum absolute atomic E-state index is 0. The molecule has 1 aromatic carbocycles.